The number of nitrogens with zero attached hydrogens (tertiary/aromatic N) is 3. The van der Waals surface area contributed by atoms with Crippen molar-refractivity contribution >= 4 is 21.7 Å². The summed E-state index contributed by atoms with van der Waals surface area (Å²) in [5, 5.41) is 7.31. The van der Waals surface area contributed by atoms with Crippen LogP contribution in [0.2, 0.25) is 0 Å². The van der Waals surface area contributed by atoms with Crippen molar-refractivity contribution in [3.63, 3.8) is 0 Å². The van der Waals surface area contributed by atoms with Gasteiger partial charge in [0.1, 0.15) is 0 Å². The van der Waals surface area contributed by atoms with Crippen molar-refractivity contribution in [1.29, 1.82) is 0 Å². The normalized spacial score (nSPS) is 11.8. The van der Waals surface area contributed by atoms with Gasteiger partial charge in [-0.15, -0.1) is 5.10 Å². The fraction of sp³-hybridized carbons (Fsp3) is 0.200. The molecule has 0 unspecified atom stereocenters. The molecule has 8 heteroatoms. The molecule has 0 aliphatic rings. The van der Waals surface area contributed by atoms with Crippen LogP contribution in [0.15, 0.2) is 22.7 Å². The maximum atomic E-state index is 12.7. The third kappa shape index (κ3) is 2.33. The minimum atomic E-state index is -4.42. The smallest absolute Gasteiger partial charge is 0.381 e. The highest BCUT2D eigenvalue weighted by atomic mass is 79.9. The van der Waals surface area contributed by atoms with Crippen molar-refractivity contribution in [1.82, 2.24) is 15.0 Å². The molecule has 18 heavy (non-hydrogen) atoms. The van der Waals surface area contributed by atoms with Crippen molar-refractivity contribution in [3.05, 3.63) is 33.9 Å². The molecule has 0 aliphatic heterocycles. The Morgan fingerprint density at radius 3 is 2.44 bits per heavy atom. The fourth-order valence-electron chi connectivity index (χ4n) is 1.45. The van der Waals surface area contributed by atoms with Gasteiger partial charge in [0.05, 0.1) is 16.9 Å². The predicted octanol–water partition coefficient (Wildman–Crippen LogP) is 2.94. The Labute approximate surface area is 109 Å². The quantitative estimate of drug-likeness (QED) is 0.879. The van der Waals surface area contributed by atoms with E-state index in [2.05, 4.69) is 26.2 Å². The van der Waals surface area contributed by atoms with E-state index in [1.165, 1.54) is 10.7 Å². The van der Waals surface area contributed by atoms with Crippen LogP contribution < -0.4 is 5.73 Å². The molecule has 2 rings (SSSR count). The third-order valence-corrected chi connectivity index (χ3v) is 2.84. The first-order valence-corrected chi connectivity index (χ1v) is 5.64. The number of aromatic nitrogens is 3. The van der Waals surface area contributed by atoms with E-state index in [0.29, 0.717) is 10.2 Å². The molecule has 1 heterocycles. The van der Waals surface area contributed by atoms with E-state index in [4.69, 9.17) is 5.73 Å². The van der Waals surface area contributed by atoms with Crippen LogP contribution in [0, 0.1) is 6.92 Å². The monoisotopic (exact) mass is 320 g/mol. The molecular formula is C10H8BrF3N4. The largest absolute Gasteiger partial charge is 0.416 e. The van der Waals surface area contributed by atoms with E-state index >= 15 is 0 Å². The molecule has 0 atom stereocenters. The third-order valence-electron chi connectivity index (χ3n) is 2.38. The molecule has 0 saturated carbocycles. The van der Waals surface area contributed by atoms with Gasteiger partial charge in [-0.1, -0.05) is 21.1 Å². The zero-order chi connectivity index (χ0) is 13.5. The molecule has 0 bridgehead atoms. The van der Waals surface area contributed by atoms with Gasteiger partial charge >= 0.3 is 6.18 Å². The lowest BCUT2D eigenvalue weighted by molar-refractivity contribution is -0.137. The number of benzene rings is 1. The average Bonchev–Trinajstić information content (AvgIpc) is 2.58. The van der Waals surface area contributed by atoms with E-state index in [1.807, 2.05) is 0 Å². The second-order valence-corrected chi connectivity index (χ2v) is 4.58. The maximum Gasteiger partial charge on any atom is 0.416 e. The minimum absolute atomic E-state index is 0.184. The molecule has 0 saturated heterocycles. The van der Waals surface area contributed by atoms with E-state index < -0.39 is 11.7 Å². The van der Waals surface area contributed by atoms with Gasteiger partial charge in [0.15, 0.2) is 5.82 Å². The van der Waals surface area contributed by atoms with Gasteiger partial charge < -0.3 is 5.73 Å². The van der Waals surface area contributed by atoms with Gasteiger partial charge in [0.2, 0.25) is 0 Å². The van der Waals surface area contributed by atoms with Crippen LogP contribution in [0.4, 0.5) is 19.0 Å². The molecule has 0 radical (unpaired) electrons. The second-order valence-electron chi connectivity index (χ2n) is 3.67. The summed E-state index contributed by atoms with van der Waals surface area (Å²) in [7, 11) is 0. The molecule has 0 aliphatic carbocycles. The molecule has 2 N–H and O–H groups in total. The van der Waals surface area contributed by atoms with Gasteiger partial charge in [0, 0.05) is 4.47 Å². The molecule has 0 amide bonds. The molecule has 1 aromatic carbocycles. The molecule has 0 fully saturated rings. The zero-order valence-corrected chi connectivity index (χ0v) is 10.7. The van der Waals surface area contributed by atoms with Gasteiger partial charge in [0.25, 0.3) is 0 Å². The van der Waals surface area contributed by atoms with Crippen molar-refractivity contribution < 1.29 is 13.2 Å². The number of hydrogen-bond donors (Lipinski definition) is 1. The van der Waals surface area contributed by atoms with Crippen LogP contribution in [-0.2, 0) is 6.18 Å². The van der Waals surface area contributed by atoms with Crippen LogP contribution in [0.1, 0.15) is 11.3 Å². The first-order valence-electron chi connectivity index (χ1n) is 4.85. The summed E-state index contributed by atoms with van der Waals surface area (Å²) >= 11 is 3.04. The van der Waals surface area contributed by atoms with Crippen LogP contribution >= 0.6 is 15.9 Å². The number of nitrogen functional groups attached to an aromatic ring is 1. The number of alkyl halides is 3. The number of rotatable bonds is 1. The summed E-state index contributed by atoms with van der Waals surface area (Å²) in [4.78, 5) is 0. The number of anilines is 1. The molecule has 96 valence electrons. The van der Waals surface area contributed by atoms with Crippen molar-refractivity contribution in [2.24, 2.45) is 0 Å². The SMILES string of the molecule is Cc1c(N)nnn1-c1cc(Br)cc(C(F)(F)F)c1. The topological polar surface area (TPSA) is 56.7 Å². The number of nitrogens with two attached hydrogens (primary N) is 1. The second kappa shape index (κ2) is 4.27. The lowest BCUT2D eigenvalue weighted by Crippen LogP contribution is -2.07. The first-order chi connectivity index (χ1) is 8.29. The van der Waals surface area contributed by atoms with Crippen LogP contribution in [-0.4, -0.2) is 15.0 Å². The Bertz CT molecular complexity index is 591. The lowest BCUT2D eigenvalue weighted by Gasteiger charge is -2.10. The van der Waals surface area contributed by atoms with Crippen molar-refractivity contribution in [2.75, 3.05) is 5.73 Å². The van der Waals surface area contributed by atoms with Crippen molar-refractivity contribution in [3.8, 4) is 5.69 Å². The molecular weight excluding hydrogens is 313 g/mol. The zero-order valence-electron chi connectivity index (χ0n) is 9.16. The summed E-state index contributed by atoms with van der Waals surface area (Å²) in [6, 6.07) is 3.50. The van der Waals surface area contributed by atoms with Crippen molar-refractivity contribution in [2.45, 2.75) is 13.1 Å². The highest BCUT2D eigenvalue weighted by Gasteiger charge is 2.31. The molecule has 0 spiro atoms. The number of hydrogen-bond acceptors (Lipinski definition) is 3. The minimum Gasteiger partial charge on any atom is -0.381 e. The predicted molar refractivity (Wildman–Crippen MR) is 63.2 cm³/mol. The fourth-order valence-corrected chi connectivity index (χ4v) is 1.93. The Morgan fingerprint density at radius 2 is 1.94 bits per heavy atom. The average molecular weight is 321 g/mol. The van der Waals surface area contributed by atoms with Gasteiger partial charge in [-0.2, -0.15) is 13.2 Å². The van der Waals surface area contributed by atoms with Crippen LogP contribution in [0.5, 0.6) is 0 Å². The lowest BCUT2D eigenvalue weighted by atomic mass is 10.2. The summed E-state index contributed by atoms with van der Waals surface area (Å²) in [5.74, 6) is 0.184. The Hall–Kier alpha value is -1.57. The first kappa shape index (κ1) is 12.9. The molecule has 2 aromatic rings. The van der Waals surface area contributed by atoms with E-state index in [0.717, 1.165) is 12.1 Å². The summed E-state index contributed by atoms with van der Waals surface area (Å²) in [5.41, 5.74) is 5.48. The highest BCUT2D eigenvalue weighted by Crippen LogP contribution is 2.33. The Kier molecular flexibility index (Phi) is 3.05. The maximum absolute atomic E-state index is 12.7. The Morgan fingerprint density at radius 1 is 1.28 bits per heavy atom. The van der Waals surface area contributed by atoms with E-state index in [9.17, 15) is 13.2 Å². The van der Waals surface area contributed by atoms with Gasteiger partial charge in [-0.05, 0) is 25.1 Å². The van der Waals surface area contributed by atoms with Gasteiger partial charge in [-0.25, -0.2) is 4.68 Å². The van der Waals surface area contributed by atoms with E-state index in [-0.39, 0.29) is 11.5 Å². The standard InChI is InChI=1S/C10H8BrF3N4/c1-5-9(15)16-17-18(5)8-3-6(10(12,13)14)2-7(11)4-8/h2-4H,15H2,1H3. The summed E-state index contributed by atoms with van der Waals surface area (Å²) in [6.45, 7) is 1.63. The molecule has 4 nitrogen and oxygen atoms in total. The molecule has 1 aromatic heterocycles. The number of halogens is 4. The van der Waals surface area contributed by atoms with Crippen LogP contribution in [0.25, 0.3) is 5.69 Å². The van der Waals surface area contributed by atoms with Crippen LogP contribution in [0.3, 0.4) is 0 Å². The van der Waals surface area contributed by atoms with E-state index in [1.54, 1.807) is 6.92 Å². The Balaban J connectivity index is 2.59. The highest BCUT2D eigenvalue weighted by molar-refractivity contribution is 9.10. The summed E-state index contributed by atoms with van der Waals surface area (Å²) in [6.07, 6.45) is -4.42. The van der Waals surface area contributed by atoms with Gasteiger partial charge in [-0.3, -0.25) is 0 Å². The summed E-state index contributed by atoms with van der Waals surface area (Å²) < 4.78 is 39.6.